The molecule has 1 aliphatic rings. The summed E-state index contributed by atoms with van der Waals surface area (Å²) in [5, 5.41) is 12.2. The first-order valence-electron chi connectivity index (χ1n) is 7.07. The molecule has 1 N–H and O–H groups in total. The molecule has 1 aliphatic heterocycles. The minimum absolute atomic E-state index is 0. The van der Waals surface area contributed by atoms with Crippen molar-refractivity contribution >= 4 is 19.9 Å². The molecule has 2 aromatic carbocycles. The van der Waals surface area contributed by atoms with Crippen molar-refractivity contribution in [2.45, 2.75) is 5.54 Å². The summed E-state index contributed by atoms with van der Waals surface area (Å²) < 4.78 is 0. The number of nitrogens with zero attached hydrogens (tertiary/aromatic N) is 2. The Morgan fingerprint density at radius 3 is 1.77 bits per heavy atom. The minimum atomic E-state index is -4.85. The first-order valence-corrected chi connectivity index (χ1v) is 8.83. The van der Waals surface area contributed by atoms with E-state index in [4.69, 9.17) is 4.89 Å². The van der Waals surface area contributed by atoms with E-state index in [0.717, 1.165) is 0 Å². The number of carbonyl (C=O) groups is 1. The van der Waals surface area contributed by atoms with Crippen LogP contribution in [0.5, 0.6) is 0 Å². The number of rotatable bonds is 4. The van der Waals surface area contributed by atoms with Crippen molar-refractivity contribution < 1.29 is 83.7 Å². The monoisotopic (exact) mass is 390 g/mol. The maximum absolute atomic E-state index is 13.0. The van der Waals surface area contributed by atoms with Crippen molar-refractivity contribution in [1.82, 2.24) is 4.90 Å². The molecule has 0 unspecified atom stereocenters. The first kappa shape index (κ1) is 23.7. The van der Waals surface area contributed by atoms with E-state index in [0.29, 0.717) is 16.0 Å². The molecule has 0 bridgehead atoms. The van der Waals surface area contributed by atoms with Crippen LogP contribution < -0.4 is 74.0 Å². The topological polar surface area (TPSA) is 122 Å². The number of carbonyl (C=O) groups excluding carboxylic acids is 1. The summed E-state index contributed by atoms with van der Waals surface area (Å²) in [5.41, 5.74) is -0.777. The molecule has 0 atom stereocenters. The number of hydrogen-bond acceptors (Lipinski definition) is 6. The van der Waals surface area contributed by atoms with Gasteiger partial charge in [-0.05, 0) is 11.1 Å². The van der Waals surface area contributed by atoms with E-state index in [9.17, 15) is 19.7 Å². The third kappa shape index (κ3) is 4.56. The van der Waals surface area contributed by atoms with Crippen molar-refractivity contribution in [3.8, 4) is 0 Å². The maximum Gasteiger partial charge on any atom is 1.00 e. The third-order valence-electron chi connectivity index (χ3n) is 3.75. The summed E-state index contributed by atoms with van der Waals surface area (Å²) in [7, 11) is -4.85. The van der Waals surface area contributed by atoms with E-state index in [1.165, 1.54) is 0 Å². The van der Waals surface area contributed by atoms with E-state index in [-0.39, 0.29) is 59.1 Å². The van der Waals surface area contributed by atoms with Crippen LogP contribution in [-0.4, -0.2) is 28.0 Å². The maximum atomic E-state index is 13.0. The zero-order valence-corrected chi connectivity index (χ0v) is 19.3. The van der Waals surface area contributed by atoms with Gasteiger partial charge in [0.1, 0.15) is 0 Å². The van der Waals surface area contributed by atoms with Crippen LogP contribution in [-0.2, 0) is 10.3 Å². The largest absolute Gasteiger partial charge is 1.00 e. The van der Waals surface area contributed by atoms with E-state index in [2.05, 4.69) is 4.99 Å². The van der Waals surface area contributed by atoms with Crippen molar-refractivity contribution in [3.63, 3.8) is 0 Å². The Kier molecular flexibility index (Phi) is 8.45. The summed E-state index contributed by atoms with van der Waals surface area (Å²) in [6, 6.07) is 15.8. The molecule has 10 heteroatoms. The van der Waals surface area contributed by atoms with Crippen LogP contribution in [0.25, 0.3) is 0 Å². The predicted molar refractivity (Wildman–Crippen MR) is 82.0 cm³/mol. The van der Waals surface area contributed by atoms with E-state index >= 15 is 0 Å². The fourth-order valence-electron chi connectivity index (χ4n) is 2.74. The number of hydrogen-bond donors (Lipinski definition) is 1. The molecule has 2 aromatic rings. The van der Waals surface area contributed by atoms with Gasteiger partial charge in [0.25, 0.3) is 5.91 Å². The van der Waals surface area contributed by atoms with Gasteiger partial charge in [-0.15, -0.1) is 0 Å². The Bertz CT molecular complexity index is 745. The zero-order valence-electron chi connectivity index (χ0n) is 14.4. The molecule has 26 heavy (non-hydrogen) atoms. The molecule has 0 radical (unpaired) electrons. The van der Waals surface area contributed by atoms with Gasteiger partial charge >= 0.3 is 59.1 Å². The Morgan fingerprint density at radius 2 is 1.38 bits per heavy atom. The molecule has 0 fully saturated rings. The van der Waals surface area contributed by atoms with Crippen LogP contribution in [0.2, 0.25) is 0 Å². The van der Waals surface area contributed by atoms with Gasteiger partial charge in [-0.2, -0.15) is 0 Å². The van der Waals surface area contributed by atoms with Gasteiger partial charge in [0, 0.05) is 0 Å². The fourth-order valence-corrected chi connectivity index (χ4v) is 3.35. The van der Waals surface area contributed by atoms with Crippen LogP contribution >= 0.6 is 7.94 Å². The smallest absolute Gasteiger partial charge is 0.846 e. The second-order valence-electron chi connectivity index (χ2n) is 5.35. The Morgan fingerprint density at radius 1 is 0.962 bits per heavy atom. The summed E-state index contributed by atoms with van der Waals surface area (Å²) in [5.74, 6) is -0.810. The standard InChI is InChI=1S/C16H15N2O5P.2Na/c19-14-16(12-7-3-1-4-8-12,13-9-5-2-6-10-13)17-15(20)18(14)11-24(21,22)23;;/h1-10H,11H2,(H,17,20)(H2,21,22,23);;/q;2*+1/p-2. The van der Waals surface area contributed by atoms with Gasteiger partial charge in [0.15, 0.2) is 11.8 Å². The molecule has 124 valence electrons. The summed E-state index contributed by atoms with van der Waals surface area (Å²) in [4.78, 5) is 48.7. The molecule has 1 heterocycles. The summed E-state index contributed by atoms with van der Waals surface area (Å²) in [6.07, 6.45) is -1.10. The number of amides is 1. The molecule has 1 amide bonds. The van der Waals surface area contributed by atoms with Crippen LogP contribution in [0, 0.1) is 0 Å². The average molecular weight is 390 g/mol. The molecule has 0 aliphatic carbocycles. The molecule has 7 nitrogen and oxygen atoms in total. The Balaban J connectivity index is 0.00000169. The van der Waals surface area contributed by atoms with E-state index < -0.39 is 31.7 Å². The van der Waals surface area contributed by atoms with Gasteiger partial charge < -0.3 is 14.9 Å². The van der Waals surface area contributed by atoms with Crippen molar-refractivity contribution in [3.05, 3.63) is 71.8 Å². The molecule has 0 aromatic heterocycles. The molecule has 0 saturated carbocycles. The Hall–Kier alpha value is -0.310. The van der Waals surface area contributed by atoms with Crippen molar-refractivity contribution in [2.75, 3.05) is 6.29 Å². The van der Waals surface area contributed by atoms with Gasteiger partial charge in [-0.1, -0.05) is 60.7 Å². The van der Waals surface area contributed by atoms with Crippen molar-refractivity contribution in [2.24, 2.45) is 4.99 Å². The normalized spacial score (nSPS) is 15.7. The number of aliphatic imine (C=N–C) groups is 1. The predicted octanol–water partition coefficient (Wildman–Crippen LogP) is -7.07. The van der Waals surface area contributed by atoms with Crippen LogP contribution in [0.15, 0.2) is 65.7 Å². The van der Waals surface area contributed by atoms with Gasteiger partial charge in [0.05, 0.1) is 14.0 Å². The van der Waals surface area contributed by atoms with Gasteiger partial charge in [-0.3, -0.25) is 19.6 Å². The second kappa shape index (κ2) is 9.26. The molecule has 0 spiro atoms. The molecular formula is C16H13N2Na2O5P. The van der Waals surface area contributed by atoms with Crippen LogP contribution in [0.1, 0.15) is 11.1 Å². The SMILES string of the molecule is O=C1N(C[P+]([O-])([O-])O)C([O-])=NC1(c1ccccc1)c1ccccc1.[Na+].[Na+]. The minimum Gasteiger partial charge on any atom is -0.846 e. The second-order valence-corrected chi connectivity index (χ2v) is 6.91. The quantitative estimate of drug-likeness (QED) is 0.411. The van der Waals surface area contributed by atoms with Gasteiger partial charge in [0.2, 0.25) is 0 Å². The van der Waals surface area contributed by atoms with Gasteiger partial charge in [-0.25, -0.2) is 0 Å². The zero-order chi connectivity index (χ0) is 17.4. The summed E-state index contributed by atoms with van der Waals surface area (Å²) in [6.45, 7) is 0. The Labute approximate surface area is 195 Å². The van der Waals surface area contributed by atoms with E-state index in [1.54, 1.807) is 60.7 Å². The van der Waals surface area contributed by atoms with Crippen LogP contribution in [0.3, 0.4) is 0 Å². The molecular weight excluding hydrogens is 377 g/mol. The molecule has 0 saturated heterocycles. The third-order valence-corrected chi connectivity index (χ3v) is 4.39. The molecule has 3 rings (SSSR count). The summed E-state index contributed by atoms with van der Waals surface area (Å²) >= 11 is 0. The number of benzene rings is 2. The number of amidine groups is 1. The van der Waals surface area contributed by atoms with Crippen LogP contribution in [0.4, 0.5) is 0 Å². The van der Waals surface area contributed by atoms with E-state index in [1.807, 2.05) is 0 Å². The van der Waals surface area contributed by atoms with Crippen molar-refractivity contribution in [1.29, 1.82) is 0 Å². The average Bonchev–Trinajstić information content (AvgIpc) is 2.81. The fraction of sp³-hybridized carbons (Fsp3) is 0.125. The first-order chi connectivity index (χ1) is 11.3.